The molecule has 5 heteroatoms. The molecule has 0 atom stereocenters. The van der Waals surface area contributed by atoms with Gasteiger partial charge in [-0.05, 0) is 34.9 Å². The van der Waals surface area contributed by atoms with Crippen molar-refractivity contribution in [2.75, 3.05) is 12.4 Å². The summed E-state index contributed by atoms with van der Waals surface area (Å²) in [6.07, 6.45) is -0.0136. The number of benzene rings is 2. The Bertz CT molecular complexity index is 681. The number of ether oxygens (including phenoxy) is 1. The van der Waals surface area contributed by atoms with Crippen molar-refractivity contribution in [2.24, 2.45) is 0 Å². The maximum atomic E-state index is 11.3. The number of hydrogen-bond donors (Lipinski definition) is 2. The van der Waals surface area contributed by atoms with Crippen molar-refractivity contribution < 1.29 is 14.3 Å². The van der Waals surface area contributed by atoms with E-state index in [1.807, 2.05) is 55.5 Å². The van der Waals surface area contributed by atoms with Gasteiger partial charge in [-0.1, -0.05) is 37.3 Å². The Kier molecular flexibility index (Phi) is 5.74. The van der Waals surface area contributed by atoms with Crippen LogP contribution in [-0.4, -0.2) is 19.1 Å². The fourth-order valence-electron chi connectivity index (χ4n) is 2.10. The number of carbonyl (C=O) groups excluding carboxylic acids is 2. The summed E-state index contributed by atoms with van der Waals surface area (Å²) in [6.45, 7) is 2.35. The number of anilines is 1. The number of nitrogens with one attached hydrogen (secondary N) is 2. The normalized spacial score (nSPS) is 10.0. The van der Waals surface area contributed by atoms with Crippen LogP contribution in [0.3, 0.4) is 0 Å². The molecule has 0 aromatic heterocycles. The average Bonchev–Trinajstić information content (AvgIpc) is 2.60. The van der Waals surface area contributed by atoms with Crippen molar-refractivity contribution in [2.45, 2.75) is 19.9 Å². The fourth-order valence-corrected chi connectivity index (χ4v) is 2.10. The molecule has 2 aromatic carbocycles. The molecule has 2 aromatic rings. The summed E-state index contributed by atoms with van der Waals surface area (Å²) in [5.74, 6) is 0.0358. The summed E-state index contributed by atoms with van der Waals surface area (Å²) in [5, 5.41) is 5.48. The first-order valence-electron chi connectivity index (χ1n) is 7.43. The minimum Gasteiger partial charge on any atom is -0.453 e. The van der Waals surface area contributed by atoms with Gasteiger partial charge in [-0.3, -0.25) is 10.1 Å². The van der Waals surface area contributed by atoms with Gasteiger partial charge in [-0.2, -0.15) is 0 Å². The number of hydrogen-bond acceptors (Lipinski definition) is 3. The second-order valence-electron chi connectivity index (χ2n) is 5.02. The fraction of sp³-hybridized carbons (Fsp3) is 0.222. The van der Waals surface area contributed by atoms with E-state index in [0.29, 0.717) is 18.7 Å². The van der Waals surface area contributed by atoms with Gasteiger partial charge < -0.3 is 10.1 Å². The van der Waals surface area contributed by atoms with Crippen molar-refractivity contribution in [3.8, 4) is 11.1 Å². The third kappa shape index (κ3) is 4.85. The largest absolute Gasteiger partial charge is 0.453 e. The summed E-state index contributed by atoms with van der Waals surface area (Å²) in [4.78, 5) is 22.5. The highest BCUT2D eigenvalue weighted by Crippen LogP contribution is 2.22. The number of methoxy groups -OCH3 is 1. The van der Waals surface area contributed by atoms with Crippen LogP contribution in [0.5, 0.6) is 0 Å². The molecule has 23 heavy (non-hydrogen) atoms. The average molecular weight is 312 g/mol. The molecule has 0 aliphatic heterocycles. The summed E-state index contributed by atoms with van der Waals surface area (Å²) in [6, 6.07) is 15.5. The van der Waals surface area contributed by atoms with Crippen LogP contribution in [0.1, 0.15) is 18.9 Å². The van der Waals surface area contributed by atoms with E-state index in [2.05, 4.69) is 15.4 Å². The third-order valence-electron chi connectivity index (χ3n) is 3.39. The minimum atomic E-state index is -0.494. The van der Waals surface area contributed by atoms with Gasteiger partial charge in [-0.15, -0.1) is 0 Å². The smallest absolute Gasteiger partial charge is 0.411 e. The highest BCUT2D eigenvalue weighted by molar-refractivity contribution is 5.85. The van der Waals surface area contributed by atoms with Crippen LogP contribution in [-0.2, 0) is 16.1 Å². The molecule has 5 nitrogen and oxygen atoms in total. The third-order valence-corrected chi connectivity index (χ3v) is 3.39. The number of carbonyl (C=O) groups is 2. The van der Waals surface area contributed by atoms with E-state index in [4.69, 9.17) is 0 Å². The van der Waals surface area contributed by atoms with E-state index in [0.717, 1.165) is 16.7 Å². The lowest BCUT2D eigenvalue weighted by Gasteiger charge is -2.08. The molecule has 0 spiro atoms. The van der Waals surface area contributed by atoms with Gasteiger partial charge in [0.1, 0.15) is 0 Å². The standard InChI is InChI=1S/C18H20N2O3/c1-3-17(21)19-12-13-5-4-6-15(11-13)14-7-9-16(10-8-14)20-18(22)23-2/h4-11H,3,12H2,1-2H3,(H,19,21)(H,20,22). The van der Waals surface area contributed by atoms with E-state index >= 15 is 0 Å². The molecule has 0 aliphatic carbocycles. The van der Waals surface area contributed by atoms with Gasteiger partial charge in [0.2, 0.25) is 5.91 Å². The van der Waals surface area contributed by atoms with Crippen molar-refractivity contribution in [1.29, 1.82) is 0 Å². The molecule has 0 radical (unpaired) electrons. The minimum absolute atomic E-state index is 0.0358. The lowest BCUT2D eigenvalue weighted by atomic mass is 10.0. The first kappa shape index (κ1) is 16.5. The predicted molar refractivity (Wildman–Crippen MR) is 90.0 cm³/mol. The second kappa shape index (κ2) is 7.98. The van der Waals surface area contributed by atoms with E-state index in [1.54, 1.807) is 0 Å². The molecule has 2 rings (SSSR count). The van der Waals surface area contributed by atoms with Crippen molar-refractivity contribution in [1.82, 2.24) is 5.32 Å². The quantitative estimate of drug-likeness (QED) is 0.887. The topological polar surface area (TPSA) is 67.4 Å². The Morgan fingerprint density at radius 3 is 2.43 bits per heavy atom. The van der Waals surface area contributed by atoms with E-state index in [-0.39, 0.29) is 5.91 Å². The highest BCUT2D eigenvalue weighted by Gasteiger charge is 2.03. The zero-order valence-electron chi connectivity index (χ0n) is 13.3. The molecule has 0 saturated heterocycles. The monoisotopic (exact) mass is 312 g/mol. The van der Waals surface area contributed by atoms with Crippen molar-refractivity contribution >= 4 is 17.7 Å². The maximum Gasteiger partial charge on any atom is 0.411 e. The van der Waals surface area contributed by atoms with Gasteiger partial charge >= 0.3 is 6.09 Å². The molecule has 0 fully saturated rings. The van der Waals surface area contributed by atoms with Crippen LogP contribution in [0.25, 0.3) is 11.1 Å². The van der Waals surface area contributed by atoms with E-state index < -0.39 is 6.09 Å². The van der Waals surface area contributed by atoms with E-state index in [9.17, 15) is 9.59 Å². The van der Waals surface area contributed by atoms with Gasteiger partial charge in [0, 0.05) is 18.7 Å². The molecule has 2 N–H and O–H groups in total. The molecule has 0 bridgehead atoms. The van der Waals surface area contributed by atoms with Crippen LogP contribution in [0.4, 0.5) is 10.5 Å². The first-order valence-corrected chi connectivity index (χ1v) is 7.43. The van der Waals surface area contributed by atoms with Crippen molar-refractivity contribution in [3.63, 3.8) is 0 Å². The molecule has 0 aliphatic rings. The molecule has 2 amide bonds. The van der Waals surface area contributed by atoms with Gasteiger partial charge in [0.05, 0.1) is 7.11 Å². The Labute approximate surface area is 135 Å². The van der Waals surface area contributed by atoms with Crippen molar-refractivity contribution in [3.05, 3.63) is 54.1 Å². The SMILES string of the molecule is CCC(=O)NCc1cccc(-c2ccc(NC(=O)OC)cc2)c1. The van der Waals surface area contributed by atoms with Gasteiger partial charge in [-0.25, -0.2) is 4.79 Å². The molecule has 0 unspecified atom stereocenters. The highest BCUT2D eigenvalue weighted by atomic mass is 16.5. The predicted octanol–water partition coefficient (Wildman–Crippen LogP) is 3.56. The van der Waals surface area contributed by atoms with Crippen LogP contribution in [0.2, 0.25) is 0 Å². The van der Waals surface area contributed by atoms with Crippen LogP contribution in [0, 0.1) is 0 Å². The summed E-state index contributed by atoms with van der Waals surface area (Å²) in [5.41, 5.74) is 3.80. The number of amides is 2. The Morgan fingerprint density at radius 1 is 1.04 bits per heavy atom. The molecule has 120 valence electrons. The van der Waals surface area contributed by atoms with Crippen LogP contribution >= 0.6 is 0 Å². The molecular weight excluding hydrogens is 292 g/mol. The number of rotatable bonds is 5. The Balaban J connectivity index is 2.09. The lowest BCUT2D eigenvalue weighted by Crippen LogP contribution is -2.21. The summed E-state index contributed by atoms with van der Waals surface area (Å²) < 4.78 is 4.56. The second-order valence-corrected chi connectivity index (χ2v) is 5.02. The van der Waals surface area contributed by atoms with E-state index in [1.165, 1.54) is 7.11 Å². The molecular formula is C18H20N2O3. The van der Waals surface area contributed by atoms with Gasteiger partial charge in [0.15, 0.2) is 0 Å². The lowest BCUT2D eigenvalue weighted by molar-refractivity contribution is -0.120. The zero-order valence-corrected chi connectivity index (χ0v) is 13.3. The van der Waals surface area contributed by atoms with Crippen LogP contribution in [0.15, 0.2) is 48.5 Å². The zero-order chi connectivity index (χ0) is 16.7. The Morgan fingerprint density at radius 2 is 1.78 bits per heavy atom. The summed E-state index contributed by atoms with van der Waals surface area (Å²) >= 11 is 0. The first-order chi connectivity index (χ1) is 11.1. The maximum absolute atomic E-state index is 11.3. The summed E-state index contributed by atoms with van der Waals surface area (Å²) in [7, 11) is 1.33. The van der Waals surface area contributed by atoms with Gasteiger partial charge in [0.25, 0.3) is 0 Å². The Hall–Kier alpha value is -2.82. The molecule has 0 saturated carbocycles. The van der Waals surface area contributed by atoms with Crippen LogP contribution < -0.4 is 10.6 Å². The molecule has 0 heterocycles.